The molecular weight excluding hydrogens is 841 g/mol. The van der Waals surface area contributed by atoms with Crippen molar-refractivity contribution < 1.29 is 28.6 Å². The number of ether oxygens (including phenoxy) is 3. The molecule has 390 valence electrons. The lowest BCUT2D eigenvalue weighted by Gasteiger charge is -2.18. The van der Waals surface area contributed by atoms with Crippen LogP contribution in [0.4, 0.5) is 0 Å². The minimum Gasteiger partial charge on any atom is -0.462 e. The summed E-state index contributed by atoms with van der Waals surface area (Å²) in [5.74, 6) is -0.933. The van der Waals surface area contributed by atoms with Crippen LogP contribution in [0.5, 0.6) is 0 Å². The molecular formula is C62H106O6. The highest BCUT2D eigenvalue weighted by atomic mass is 16.6. The molecule has 0 aromatic heterocycles. The Morgan fingerprint density at radius 3 is 0.926 bits per heavy atom. The van der Waals surface area contributed by atoms with Crippen LogP contribution in [0.3, 0.4) is 0 Å². The van der Waals surface area contributed by atoms with Crippen molar-refractivity contribution in [3.05, 3.63) is 85.1 Å². The molecule has 0 saturated heterocycles. The highest BCUT2D eigenvalue weighted by Crippen LogP contribution is 2.14. The quantitative estimate of drug-likeness (QED) is 0.0262. The molecule has 0 heterocycles. The summed E-state index contributed by atoms with van der Waals surface area (Å²) in [4.78, 5) is 38.1. The predicted octanol–water partition coefficient (Wildman–Crippen LogP) is 19.2. The second kappa shape index (κ2) is 56.2. The highest BCUT2D eigenvalue weighted by molar-refractivity contribution is 5.71. The van der Waals surface area contributed by atoms with Crippen molar-refractivity contribution in [1.29, 1.82) is 0 Å². The molecule has 6 nitrogen and oxygen atoms in total. The van der Waals surface area contributed by atoms with E-state index in [9.17, 15) is 14.4 Å². The van der Waals surface area contributed by atoms with E-state index < -0.39 is 6.10 Å². The first-order chi connectivity index (χ1) is 33.5. The van der Waals surface area contributed by atoms with Gasteiger partial charge < -0.3 is 14.2 Å². The van der Waals surface area contributed by atoms with Crippen molar-refractivity contribution in [2.24, 2.45) is 0 Å². The largest absolute Gasteiger partial charge is 0.462 e. The van der Waals surface area contributed by atoms with Gasteiger partial charge >= 0.3 is 17.9 Å². The second-order valence-corrected chi connectivity index (χ2v) is 18.8. The van der Waals surface area contributed by atoms with Crippen LogP contribution in [-0.4, -0.2) is 37.2 Å². The Labute approximate surface area is 420 Å². The van der Waals surface area contributed by atoms with Crippen molar-refractivity contribution >= 4 is 17.9 Å². The zero-order valence-electron chi connectivity index (χ0n) is 44.6. The number of unbranched alkanes of at least 4 members (excludes halogenated alkanes) is 26. The minimum absolute atomic E-state index is 0.0930. The molecule has 0 radical (unpaired) electrons. The van der Waals surface area contributed by atoms with Crippen molar-refractivity contribution in [2.45, 2.75) is 277 Å². The van der Waals surface area contributed by atoms with Gasteiger partial charge in [-0.15, -0.1) is 0 Å². The summed E-state index contributed by atoms with van der Waals surface area (Å²) in [6.45, 7) is 6.48. The number of rotatable bonds is 51. The fraction of sp³-hybridized carbons (Fsp3) is 0.726. The van der Waals surface area contributed by atoms with Gasteiger partial charge in [0.05, 0.1) is 0 Å². The monoisotopic (exact) mass is 947 g/mol. The smallest absolute Gasteiger partial charge is 0.306 e. The molecule has 0 aliphatic carbocycles. The van der Waals surface area contributed by atoms with E-state index in [0.29, 0.717) is 19.3 Å². The lowest BCUT2D eigenvalue weighted by Crippen LogP contribution is -2.30. The normalized spacial score (nSPS) is 12.7. The molecule has 0 rings (SSSR count). The van der Waals surface area contributed by atoms with Gasteiger partial charge in [-0.05, 0) is 116 Å². The zero-order valence-corrected chi connectivity index (χ0v) is 44.6. The fourth-order valence-corrected chi connectivity index (χ4v) is 7.81. The summed E-state index contributed by atoms with van der Waals surface area (Å²) in [5, 5.41) is 0. The van der Waals surface area contributed by atoms with Gasteiger partial charge in [0.1, 0.15) is 13.2 Å². The molecule has 1 atom stereocenters. The van der Waals surface area contributed by atoms with E-state index in [1.54, 1.807) is 0 Å². The molecule has 0 amide bonds. The summed E-state index contributed by atoms with van der Waals surface area (Å²) in [6, 6.07) is 0. The van der Waals surface area contributed by atoms with Crippen molar-refractivity contribution in [3.8, 4) is 0 Å². The summed E-state index contributed by atoms with van der Waals surface area (Å²) < 4.78 is 16.8. The van der Waals surface area contributed by atoms with Crippen molar-refractivity contribution in [3.63, 3.8) is 0 Å². The first-order valence-electron chi connectivity index (χ1n) is 28.6. The van der Waals surface area contributed by atoms with Crippen LogP contribution in [-0.2, 0) is 28.6 Å². The molecule has 1 unspecified atom stereocenters. The maximum atomic E-state index is 12.9. The van der Waals surface area contributed by atoms with Crippen LogP contribution in [0.25, 0.3) is 0 Å². The molecule has 0 aliphatic heterocycles. The van der Waals surface area contributed by atoms with Gasteiger partial charge in [-0.1, -0.05) is 221 Å². The van der Waals surface area contributed by atoms with Crippen LogP contribution in [0, 0.1) is 0 Å². The Bertz CT molecular complexity index is 1320. The Kier molecular flexibility index (Phi) is 53.4. The van der Waals surface area contributed by atoms with E-state index >= 15 is 0 Å². The Morgan fingerprint density at radius 2 is 0.574 bits per heavy atom. The van der Waals surface area contributed by atoms with Gasteiger partial charge in [-0.25, -0.2) is 0 Å². The Morgan fingerprint density at radius 1 is 0.309 bits per heavy atom. The van der Waals surface area contributed by atoms with E-state index in [1.807, 2.05) is 0 Å². The molecule has 0 spiro atoms. The van der Waals surface area contributed by atoms with Gasteiger partial charge in [0.25, 0.3) is 0 Å². The lowest BCUT2D eigenvalue weighted by atomic mass is 10.1. The molecule has 0 aromatic rings. The first kappa shape index (κ1) is 64.6. The molecule has 0 fully saturated rings. The van der Waals surface area contributed by atoms with E-state index in [0.717, 1.165) is 103 Å². The second-order valence-electron chi connectivity index (χ2n) is 18.8. The lowest BCUT2D eigenvalue weighted by molar-refractivity contribution is -0.167. The van der Waals surface area contributed by atoms with Gasteiger partial charge in [0.15, 0.2) is 6.10 Å². The van der Waals surface area contributed by atoms with E-state index in [-0.39, 0.29) is 31.1 Å². The number of esters is 3. The van der Waals surface area contributed by atoms with Gasteiger partial charge in [0.2, 0.25) is 0 Å². The van der Waals surface area contributed by atoms with Gasteiger partial charge in [0, 0.05) is 19.3 Å². The zero-order chi connectivity index (χ0) is 49.3. The number of allylic oxidation sites excluding steroid dienone is 14. The van der Waals surface area contributed by atoms with E-state index in [4.69, 9.17) is 14.2 Å². The number of hydrogen-bond donors (Lipinski definition) is 0. The third kappa shape index (κ3) is 53.5. The average molecular weight is 948 g/mol. The van der Waals surface area contributed by atoms with Crippen molar-refractivity contribution in [1.82, 2.24) is 0 Å². The van der Waals surface area contributed by atoms with E-state index in [1.165, 1.54) is 128 Å². The molecule has 0 N–H and O–H groups in total. The van der Waals surface area contributed by atoms with Crippen molar-refractivity contribution in [2.75, 3.05) is 13.2 Å². The van der Waals surface area contributed by atoms with Crippen LogP contribution >= 0.6 is 0 Å². The molecule has 0 aliphatic rings. The summed E-state index contributed by atoms with van der Waals surface area (Å²) >= 11 is 0. The topological polar surface area (TPSA) is 78.9 Å². The summed E-state index contributed by atoms with van der Waals surface area (Å²) in [5.41, 5.74) is 0. The Balaban J connectivity index is 4.46. The first-order valence-corrected chi connectivity index (χ1v) is 28.6. The molecule has 0 saturated carbocycles. The average Bonchev–Trinajstić information content (AvgIpc) is 3.34. The van der Waals surface area contributed by atoms with Crippen LogP contribution in [0.2, 0.25) is 0 Å². The van der Waals surface area contributed by atoms with Crippen LogP contribution in [0.1, 0.15) is 271 Å². The highest BCUT2D eigenvalue weighted by Gasteiger charge is 2.19. The third-order valence-corrected chi connectivity index (χ3v) is 12.1. The minimum atomic E-state index is -0.796. The maximum absolute atomic E-state index is 12.9. The van der Waals surface area contributed by atoms with E-state index in [2.05, 4.69) is 106 Å². The third-order valence-electron chi connectivity index (χ3n) is 12.1. The molecule has 0 bridgehead atoms. The Hall–Kier alpha value is -3.41. The molecule has 6 heteroatoms. The predicted molar refractivity (Wildman–Crippen MR) is 293 cm³/mol. The fourth-order valence-electron chi connectivity index (χ4n) is 7.81. The molecule has 0 aromatic carbocycles. The van der Waals surface area contributed by atoms with Crippen LogP contribution in [0.15, 0.2) is 85.1 Å². The maximum Gasteiger partial charge on any atom is 0.306 e. The SMILES string of the molecule is CC/C=C\C/C=C\C/C=C\C/C=C\C/C=C\CCCCCC(=O)OCC(COC(=O)CCCCCCC/C=C\CCCCCCC)OC(=O)CCCCCCCCC/C=C\CCCCCCCC. The summed E-state index contributed by atoms with van der Waals surface area (Å²) in [6.07, 6.45) is 72.8. The van der Waals surface area contributed by atoms with Crippen LogP contribution < -0.4 is 0 Å². The number of hydrogen-bond acceptors (Lipinski definition) is 6. The standard InChI is InChI=1S/C62H106O6/c1-4-7-10-13-16-19-22-25-28-30-31-33-34-37-40-43-46-49-52-55-61(64)67-58-59(57-66-60(63)54-51-48-45-42-39-36-27-24-21-18-15-12-9-6-3)68-62(65)56-53-50-47-44-41-38-35-32-29-26-23-20-17-14-11-8-5-2/h7,10,16,19,24-29,31,33,37,40,59H,4-6,8-9,11-15,17-18,20-23,30,32,34-36,38-39,41-58H2,1-3H3/b10-7-,19-16-,27-24-,28-25-,29-26-,33-31-,40-37-. The summed E-state index contributed by atoms with van der Waals surface area (Å²) in [7, 11) is 0. The number of carbonyl (C=O) groups is 3. The number of carbonyl (C=O) groups excluding carboxylic acids is 3. The molecule has 68 heavy (non-hydrogen) atoms. The van der Waals surface area contributed by atoms with Gasteiger partial charge in [-0.3, -0.25) is 14.4 Å². The van der Waals surface area contributed by atoms with Gasteiger partial charge in [-0.2, -0.15) is 0 Å².